The second kappa shape index (κ2) is 5.52. The molecule has 0 spiro atoms. The number of hydrogen-bond donors (Lipinski definition) is 1. The first-order valence-electron chi connectivity index (χ1n) is 5.19. The van der Waals surface area contributed by atoms with Crippen molar-refractivity contribution in [2.45, 2.75) is 6.04 Å². The van der Waals surface area contributed by atoms with Crippen molar-refractivity contribution in [3.05, 3.63) is 51.9 Å². The van der Waals surface area contributed by atoms with Crippen LogP contribution in [0.2, 0.25) is 10.0 Å². The molecule has 1 heterocycles. The van der Waals surface area contributed by atoms with Gasteiger partial charge in [-0.05, 0) is 11.6 Å². The Bertz CT molecular complexity index is 563. The fraction of sp³-hybridized carbons (Fsp3) is 0.167. The topological polar surface area (TPSA) is 61.0 Å². The van der Waals surface area contributed by atoms with Crippen molar-refractivity contribution in [1.29, 1.82) is 0 Å². The summed E-state index contributed by atoms with van der Waals surface area (Å²) in [4.78, 5) is 8.04. The number of benzene rings is 1. The minimum absolute atomic E-state index is 0.434. The number of nitrogens with zero attached hydrogens (tertiary/aromatic N) is 2. The van der Waals surface area contributed by atoms with Crippen molar-refractivity contribution in [3.8, 4) is 5.88 Å². The third-order valence-corrected chi connectivity index (χ3v) is 3.34. The number of aromatic nitrogens is 2. The lowest BCUT2D eigenvalue weighted by Crippen LogP contribution is -2.14. The lowest BCUT2D eigenvalue weighted by molar-refractivity contribution is 0.395. The maximum absolute atomic E-state index is 6.13. The van der Waals surface area contributed by atoms with Crippen molar-refractivity contribution < 1.29 is 4.74 Å². The number of methoxy groups -OCH3 is 1. The Morgan fingerprint density at radius 3 is 2.78 bits per heavy atom. The maximum Gasteiger partial charge on any atom is 0.216 e. The molecule has 6 heteroatoms. The van der Waals surface area contributed by atoms with E-state index in [2.05, 4.69) is 9.97 Å². The average molecular weight is 284 g/mol. The summed E-state index contributed by atoms with van der Waals surface area (Å²) in [6, 6.07) is 6.51. The summed E-state index contributed by atoms with van der Waals surface area (Å²) in [5.41, 5.74) is 7.45. The molecule has 1 unspecified atom stereocenters. The SMILES string of the molecule is COc1cc(C(N)c2cccc(Cl)c2Cl)ncn1. The molecule has 94 valence electrons. The van der Waals surface area contributed by atoms with Crippen LogP contribution in [-0.2, 0) is 0 Å². The van der Waals surface area contributed by atoms with Crippen LogP contribution >= 0.6 is 23.2 Å². The average Bonchev–Trinajstić information content (AvgIpc) is 2.41. The van der Waals surface area contributed by atoms with E-state index in [1.54, 1.807) is 18.2 Å². The van der Waals surface area contributed by atoms with Gasteiger partial charge in [0, 0.05) is 6.07 Å². The van der Waals surface area contributed by atoms with Gasteiger partial charge in [-0.1, -0.05) is 35.3 Å². The summed E-state index contributed by atoms with van der Waals surface area (Å²) < 4.78 is 5.03. The maximum atomic E-state index is 6.13. The highest BCUT2D eigenvalue weighted by atomic mass is 35.5. The Hall–Kier alpha value is -1.36. The predicted molar refractivity (Wildman–Crippen MR) is 71.1 cm³/mol. The number of hydrogen-bond acceptors (Lipinski definition) is 4. The molecule has 2 aromatic rings. The van der Waals surface area contributed by atoms with Gasteiger partial charge in [0.05, 0.1) is 28.9 Å². The zero-order valence-electron chi connectivity index (χ0n) is 9.60. The van der Waals surface area contributed by atoms with Gasteiger partial charge in [0.15, 0.2) is 0 Å². The van der Waals surface area contributed by atoms with Crippen molar-refractivity contribution in [1.82, 2.24) is 9.97 Å². The summed E-state index contributed by atoms with van der Waals surface area (Å²) in [5, 5.41) is 0.898. The minimum Gasteiger partial charge on any atom is -0.481 e. The molecule has 2 N–H and O–H groups in total. The Kier molecular flexibility index (Phi) is 4.01. The normalized spacial score (nSPS) is 12.2. The van der Waals surface area contributed by atoms with Gasteiger partial charge in [-0.3, -0.25) is 0 Å². The van der Waals surface area contributed by atoms with Crippen molar-refractivity contribution in [2.75, 3.05) is 7.11 Å². The minimum atomic E-state index is -0.479. The molecule has 18 heavy (non-hydrogen) atoms. The van der Waals surface area contributed by atoms with Crippen molar-refractivity contribution >= 4 is 23.2 Å². The summed E-state index contributed by atoms with van der Waals surface area (Å²) in [6.07, 6.45) is 1.40. The van der Waals surface area contributed by atoms with Gasteiger partial charge in [0.25, 0.3) is 0 Å². The van der Waals surface area contributed by atoms with Gasteiger partial charge < -0.3 is 10.5 Å². The summed E-state index contributed by atoms with van der Waals surface area (Å²) >= 11 is 12.1. The molecule has 1 atom stereocenters. The van der Waals surface area contributed by atoms with Gasteiger partial charge in [-0.2, -0.15) is 0 Å². The molecule has 1 aromatic heterocycles. The van der Waals surface area contributed by atoms with E-state index in [4.69, 9.17) is 33.7 Å². The third kappa shape index (κ3) is 2.56. The molecule has 0 fully saturated rings. The summed E-state index contributed by atoms with van der Waals surface area (Å²) in [7, 11) is 1.53. The van der Waals surface area contributed by atoms with Crippen LogP contribution in [0.5, 0.6) is 5.88 Å². The first kappa shape index (κ1) is 13.1. The second-order valence-corrected chi connectivity index (χ2v) is 4.39. The molecule has 4 nitrogen and oxygen atoms in total. The molecule has 0 amide bonds. The Morgan fingerprint density at radius 2 is 2.06 bits per heavy atom. The van der Waals surface area contributed by atoms with Crippen LogP contribution in [0, 0.1) is 0 Å². The molecule has 0 saturated heterocycles. The van der Waals surface area contributed by atoms with E-state index in [1.807, 2.05) is 6.07 Å². The standard InChI is InChI=1S/C12H11Cl2N3O/c1-18-10-5-9(16-6-17-10)12(15)7-3-2-4-8(13)11(7)14/h2-6,12H,15H2,1H3. The van der Waals surface area contributed by atoms with Gasteiger partial charge in [-0.15, -0.1) is 0 Å². The highest BCUT2D eigenvalue weighted by Gasteiger charge is 2.16. The molecule has 0 aliphatic heterocycles. The summed E-state index contributed by atoms with van der Waals surface area (Å²) in [6.45, 7) is 0. The molecular formula is C12H11Cl2N3O. The van der Waals surface area contributed by atoms with E-state index < -0.39 is 6.04 Å². The Balaban J connectivity index is 2.41. The third-order valence-electron chi connectivity index (χ3n) is 2.51. The van der Waals surface area contributed by atoms with E-state index in [9.17, 15) is 0 Å². The second-order valence-electron chi connectivity index (χ2n) is 3.61. The van der Waals surface area contributed by atoms with Crippen LogP contribution in [0.25, 0.3) is 0 Å². The van der Waals surface area contributed by atoms with E-state index >= 15 is 0 Å². The zero-order chi connectivity index (χ0) is 13.1. The Labute approximate surface area is 115 Å². The molecule has 0 aliphatic rings. The number of halogens is 2. The van der Waals surface area contributed by atoms with Crippen molar-refractivity contribution in [2.24, 2.45) is 5.73 Å². The van der Waals surface area contributed by atoms with E-state index in [0.29, 0.717) is 27.2 Å². The molecule has 0 bridgehead atoms. The fourth-order valence-corrected chi connectivity index (χ4v) is 1.98. The van der Waals surface area contributed by atoms with Gasteiger partial charge in [0.2, 0.25) is 5.88 Å². The first-order chi connectivity index (χ1) is 8.63. The number of ether oxygens (including phenoxy) is 1. The lowest BCUT2D eigenvalue weighted by Gasteiger charge is -2.14. The van der Waals surface area contributed by atoms with Crippen LogP contribution in [0.3, 0.4) is 0 Å². The van der Waals surface area contributed by atoms with E-state index in [0.717, 1.165) is 0 Å². The molecule has 2 rings (SSSR count). The largest absolute Gasteiger partial charge is 0.481 e. The van der Waals surface area contributed by atoms with Crippen LogP contribution in [0.1, 0.15) is 17.3 Å². The predicted octanol–water partition coefficient (Wildman–Crippen LogP) is 2.84. The number of nitrogens with two attached hydrogens (primary N) is 1. The van der Waals surface area contributed by atoms with Crippen LogP contribution in [-0.4, -0.2) is 17.1 Å². The molecule has 0 aliphatic carbocycles. The van der Waals surface area contributed by atoms with Crippen LogP contribution in [0.4, 0.5) is 0 Å². The number of rotatable bonds is 3. The Morgan fingerprint density at radius 1 is 1.28 bits per heavy atom. The smallest absolute Gasteiger partial charge is 0.216 e. The quantitative estimate of drug-likeness (QED) is 0.941. The molecule has 0 radical (unpaired) electrons. The van der Waals surface area contributed by atoms with Crippen LogP contribution in [0.15, 0.2) is 30.6 Å². The molecular weight excluding hydrogens is 273 g/mol. The first-order valence-corrected chi connectivity index (χ1v) is 5.94. The molecule has 1 aromatic carbocycles. The highest BCUT2D eigenvalue weighted by molar-refractivity contribution is 6.42. The van der Waals surface area contributed by atoms with E-state index in [-0.39, 0.29) is 0 Å². The summed E-state index contributed by atoms with van der Waals surface area (Å²) in [5.74, 6) is 0.452. The van der Waals surface area contributed by atoms with Gasteiger partial charge in [-0.25, -0.2) is 9.97 Å². The van der Waals surface area contributed by atoms with Crippen LogP contribution < -0.4 is 10.5 Å². The van der Waals surface area contributed by atoms with E-state index in [1.165, 1.54) is 13.4 Å². The monoisotopic (exact) mass is 283 g/mol. The fourth-order valence-electron chi connectivity index (χ4n) is 1.56. The van der Waals surface area contributed by atoms with Gasteiger partial charge in [0.1, 0.15) is 6.33 Å². The van der Waals surface area contributed by atoms with Crippen molar-refractivity contribution in [3.63, 3.8) is 0 Å². The molecule has 0 saturated carbocycles. The zero-order valence-corrected chi connectivity index (χ0v) is 11.1. The lowest BCUT2D eigenvalue weighted by atomic mass is 10.0. The van der Waals surface area contributed by atoms with Gasteiger partial charge >= 0.3 is 0 Å². The highest BCUT2D eigenvalue weighted by Crippen LogP contribution is 2.31.